The van der Waals surface area contributed by atoms with Gasteiger partial charge in [-0.1, -0.05) is 18.2 Å². The second-order valence-electron chi connectivity index (χ2n) is 5.01. The normalized spacial score (nSPS) is 17.5. The van der Waals surface area contributed by atoms with Crippen LogP contribution < -0.4 is 10.1 Å². The Hall–Kier alpha value is -2.24. The van der Waals surface area contributed by atoms with Crippen LogP contribution in [0.25, 0.3) is 0 Å². The van der Waals surface area contributed by atoms with Gasteiger partial charge < -0.3 is 19.7 Å². The first-order valence-corrected chi connectivity index (χ1v) is 6.90. The molecule has 1 fully saturated rings. The molecule has 0 spiro atoms. The van der Waals surface area contributed by atoms with E-state index in [-0.39, 0.29) is 18.1 Å². The Morgan fingerprint density at radius 3 is 2.90 bits per heavy atom. The highest BCUT2D eigenvalue weighted by Crippen LogP contribution is 2.17. The number of cyclic esters (lactones) is 1. The lowest BCUT2D eigenvalue weighted by Crippen LogP contribution is -2.25. The molecule has 0 radical (unpaired) electrons. The summed E-state index contributed by atoms with van der Waals surface area (Å²) in [6.07, 6.45) is 0.350. The lowest BCUT2D eigenvalue weighted by molar-refractivity contribution is -0.121. The molecule has 1 atom stereocenters. The van der Waals surface area contributed by atoms with Crippen molar-refractivity contribution >= 4 is 12.0 Å². The molecule has 1 saturated heterocycles. The third-order valence-corrected chi connectivity index (χ3v) is 3.42. The number of methoxy groups -OCH3 is 1. The predicted molar refractivity (Wildman–Crippen MR) is 77.0 cm³/mol. The van der Waals surface area contributed by atoms with Crippen molar-refractivity contribution in [1.82, 2.24) is 10.2 Å². The van der Waals surface area contributed by atoms with E-state index < -0.39 is 0 Å². The summed E-state index contributed by atoms with van der Waals surface area (Å²) in [7, 11) is 3.29. The monoisotopic (exact) mass is 292 g/mol. The van der Waals surface area contributed by atoms with Crippen LogP contribution in [0.3, 0.4) is 0 Å². The first-order valence-electron chi connectivity index (χ1n) is 6.90. The highest BCUT2D eigenvalue weighted by atomic mass is 16.6. The molecule has 0 bridgehead atoms. The number of carbonyl (C=O) groups excluding carboxylic acids is 2. The van der Waals surface area contributed by atoms with Gasteiger partial charge in [-0.15, -0.1) is 0 Å². The number of amides is 2. The average Bonchev–Trinajstić information content (AvgIpc) is 2.82. The highest BCUT2D eigenvalue weighted by Gasteiger charge is 2.28. The van der Waals surface area contributed by atoms with Crippen molar-refractivity contribution in [2.45, 2.75) is 25.5 Å². The van der Waals surface area contributed by atoms with Crippen LogP contribution in [0.15, 0.2) is 24.3 Å². The fourth-order valence-corrected chi connectivity index (χ4v) is 2.22. The largest absolute Gasteiger partial charge is 0.496 e. The first-order chi connectivity index (χ1) is 10.1. The summed E-state index contributed by atoms with van der Waals surface area (Å²) in [5.41, 5.74) is 0.931. The zero-order valence-electron chi connectivity index (χ0n) is 12.3. The van der Waals surface area contributed by atoms with Crippen LogP contribution in [0.4, 0.5) is 4.79 Å². The molecule has 0 aliphatic carbocycles. The van der Waals surface area contributed by atoms with E-state index in [0.717, 1.165) is 11.3 Å². The van der Waals surface area contributed by atoms with Gasteiger partial charge in [0, 0.05) is 25.6 Å². The van der Waals surface area contributed by atoms with Gasteiger partial charge in [0.15, 0.2) is 0 Å². The summed E-state index contributed by atoms with van der Waals surface area (Å²) in [6, 6.07) is 7.55. The van der Waals surface area contributed by atoms with Gasteiger partial charge in [0.25, 0.3) is 0 Å². The van der Waals surface area contributed by atoms with Crippen molar-refractivity contribution in [2.75, 3.05) is 20.7 Å². The summed E-state index contributed by atoms with van der Waals surface area (Å²) >= 11 is 0. The van der Waals surface area contributed by atoms with Crippen LogP contribution in [0, 0.1) is 0 Å². The van der Waals surface area contributed by atoms with Gasteiger partial charge >= 0.3 is 6.09 Å². The average molecular weight is 292 g/mol. The summed E-state index contributed by atoms with van der Waals surface area (Å²) in [6.45, 7) is 0.964. The number of hydrogen-bond donors (Lipinski definition) is 1. The van der Waals surface area contributed by atoms with Crippen LogP contribution in [-0.4, -0.2) is 43.7 Å². The Morgan fingerprint density at radius 2 is 2.24 bits per heavy atom. The molecule has 1 aromatic rings. The van der Waals surface area contributed by atoms with Crippen LogP contribution in [0.1, 0.15) is 18.4 Å². The third kappa shape index (κ3) is 4.11. The van der Waals surface area contributed by atoms with Gasteiger partial charge in [-0.25, -0.2) is 4.79 Å². The number of ether oxygens (including phenoxy) is 2. The van der Waals surface area contributed by atoms with E-state index in [1.165, 1.54) is 4.90 Å². The van der Waals surface area contributed by atoms with Crippen LogP contribution >= 0.6 is 0 Å². The standard InChI is InChI=1S/C15H20N2O4/c1-17-10-12(21-15(17)19)7-8-14(18)16-9-11-5-3-4-6-13(11)20-2/h3-6,12H,7-10H2,1-2H3,(H,16,18). The van der Waals surface area contributed by atoms with E-state index in [4.69, 9.17) is 9.47 Å². The Kier molecular flexibility index (Phi) is 5.03. The molecule has 1 unspecified atom stereocenters. The Morgan fingerprint density at radius 1 is 1.48 bits per heavy atom. The van der Waals surface area contributed by atoms with Crippen molar-refractivity contribution in [2.24, 2.45) is 0 Å². The molecule has 6 heteroatoms. The third-order valence-electron chi connectivity index (χ3n) is 3.42. The van der Waals surface area contributed by atoms with Gasteiger partial charge in [0.05, 0.1) is 13.7 Å². The van der Waals surface area contributed by atoms with Crippen molar-refractivity contribution in [1.29, 1.82) is 0 Å². The minimum absolute atomic E-state index is 0.0634. The number of nitrogens with one attached hydrogen (secondary N) is 1. The van der Waals surface area contributed by atoms with Gasteiger partial charge in [-0.3, -0.25) is 4.79 Å². The fourth-order valence-electron chi connectivity index (χ4n) is 2.22. The molecule has 0 aromatic heterocycles. The minimum atomic E-state index is -0.325. The maximum atomic E-state index is 11.8. The van der Waals surface area contributed by atoms with E-state index in [1.807, 2.05) is 24.3 Å². The lowest BCUT2D eigenvalue weighted by atomic mass is 10.1. The molecular formula is C15H20N2O4. The number of benzene rings is 1. The number of rotatable bonds is 6. The second-order valence-corrected chi connectivity index (χ2v) is 5.01. The molecule has 21 heavy (non-hydrogen) atoms. The second kappa shape index (κ2) is 6.97. The van der Waals surface area contributed by atoms with Crippen LogP contribution in [-0.2, 0) is 16.1 Å². The quantitative estimate of drug-likeness (QED) is 0.863. The molecule has 1 aliphatic rings. The summed E-state index contributed by atoms with van der Waals surface area (Å²) in [5, 5.41) is 2.85. The van der Waals surface area contributed by atoms with Crippen LogP contribution in [0.2, 0.25) is 0 Å². The Balaban J connectivity index is 1.74. The predicted octanol–water partition coefficient (Wildman–Crippen LogP) is 1.54. The maximum Gasteiger partial charge on any atom is 0.409 e. The van der Waals surface area contributed by atoms with E-state index >= 15 is 0 Å². The van der Waals surface area contributed by atoms with E-state index in [9.17, 15) is 9.59 Å². The highest BCUT2D eigenvalue weighted by molar-refractivity contribution is 5.76. The van der Waals surface area contributed by atoms with Crippen molar-refractivity contribution in [3.63, 3.8) is 0 Å². The summed E-state index contributed by atoms with van der Waals surface area (Å²) in [4.78, 5) is 24.5. The smallest absolute Gasteiger partial charge is 0.409 e. The van der Waals surface area contributed by atoms with E-state index in [0.29, 0.717) is 25.9 Å². The summed E-state index contributed by atoms with van der Waals surface area (Å²) in [5.74, 6) is 0.690. The van der Waals surface area contributed by atoms with Gasteiger partial charge in [-0.05, 0) is 12.5 Å². The molecule has 2 amide bonds. The SMILES string of the molecule is COc1ccccc1CNC(=O)CCC1CN(C)C(=O)O1. The molecular weight excluding hydrogens is 272 g/mol. The topological polar surface area (TPSA) is 67.9 Å². The first kappa shape index (κ1) is 15.2. The van der Waals surface area contributed by atoms with E-state index in [2.05, 4.69) is 5.32 Å². The van der Waals surface area contributed by atoms with Gasteiger partial charge in [-0.2, -0.15) is 0 Å². The molecule has 0 saturated carbocycles. The summed E-state index contributed by atoms with van der Waals surface area (Å²) < 4.78 is 10.3. The number of carbonyl (C=O) groups is 2. The van der Waals surface area contributed by atoms with Crippen LogP contribution in [0.5, 0.6) is 5.75 Å². The van der Waals surface area contributed by atoms with Crippen molar-refractivity contribution in [3.05, 3.63) is 29.8 Å². The minimum Gasteiger partial charge on any atom is -0.496 e. The molecule has 1 N–H and O–H groups in total. The molecule has 1 aliphatic heterocycles. The van der Waals surface area contributed by atoms with Gasteiger partial charge in [0.1, 0.15) is 11.9 Å². The zero-order chi connectivity index (χ0) is 15.2. The number of nitrogens with zero attached hydrogens (tertiary/aromatic N) is 1. The number of hydrogen-bond acceptors (Lipinski definition) is 4. The molecule has 1 heterocycles. The maximum absolute atomic E-state index is 11.8. The Bertz CT molecular complexity index is 518. The van der Waals surface area contributed by atoms with E-state index in [1.54, 1.807) is 14.2 Å². The molecule has 114 valence electrons. The number of para-hydroxylation sites is 1. The Labute approximate surface area is 124 Å². The molecule has 2 rings (SSSR count). The number of likely N-dealkylation sites (N-methyl/N-ethyl adjacent to an activating group) is 1. The fraction of sp³-hybridized carbons (Fsp3) is 0.467. The molecule has 6 nitrogen and oxygen atoms in total. The van der Waals surface area contributed by atoms with Gasteiger partial charge in [0.2, 0.25) is 5.91 Å². The molecule has 1 aromatic carbocycles. The van der Waals surface area contributed by atoms with Crippen molar-refractivity contribution < 1.29 is 19.1 Å². The zero-order valence-corrected chi connectivity index (χ0v) is 12.3. The lowest BCUT2D eigenvalue weighted by Gasteiger charge is -2.10. The van der Waals surface area contributed by atoms with Crippen molar-refractivity contribution in [3.8, 4) is 5.75 Å².